The number of urea groups is 1. The van der Waals surface area contributed by atoms with Crippen LogP contribution in [0.1, 0.15) is 31.2 Å². The summed E-state index contributed by atoms with van der Waals surface area (Å²) in [6.07, 6.45) is 2.39. The van der Waals surface area contributed by atoms with Gasteiger partial charge in [0.05, 0.1) is 38.4 Å². The van der Waals surface area contributed by atoms with Crippen molar-refractivity contribution >= 4 is 53.2 Å². The number of hydrogen-bond donors (Lipinski definition) is 8. The summed E-state index contributed by atoms with van der Waals surface area (Å²) in [6.45, 7) is 1.91. The lowest BCUT2D eigenvalue weighted by molar-refractivity contribution is -0.245. The van der Waals surface area contributed by atoms with Gasteiger partial charge < -0.3 is 36.2 Å². The fourth-order valence-electron chi connectivity index (χ4n) is 7.63. The molecule has 0 radical (unpaired) electrons. The Bertz CT molecular complexity index is 1550. The Kier molecular flexibility index (Phi) is 20.0. The third kappa shape index (κ3) is 16.8. The number of rotatable bonds is 22. The van der Waals surface area contributed by atoms with Crippen LogP contribution in [0.5, 0.6) is 0 Å². The fourth-order valence-corrected chi connectivity index (χ4v) is 9.18. The number of fused-ring (bicyclic) bond motifs is 1. The monoisotopic (exact) mass is 854 g/mol. The molecule has 8 N–H and O–H groups in total. The Balaban J connectivity index is 1.39. The first-order valence-electron chi connectivity index (χ1n) is 19.8. The van der Waals surface area contributed by atoms with Crippen LogP contribution in [0.4, 0.5) is 10.5 Å². The highest BCUT2D eigenvalue weighted by molar-refractivity contribution is 8.00. The van der Waals surface area contributed by atoms with Crippen molar-refractivity contribution in [1.82, 2.24) is 35.1 Å². The van der Waals surface area contributed by atoms with Crippen molar-refractivity contribution in [1.29, 1.82) is 0 Å². The van der Waals surface area contributed by atoms with Crippen LogP contribution in [0, 0.1) is 0 Å². The molecule has 1 aromatic carbocycles. The molecule has 3 heterocycles. The number of nitrogens with zero attached hydrogens (tertiary/aromatic N) is 5. The largest absolute Gasteiger partial charge is 0.480 e. The number of benzene rings is 1. The lowest BCUT2D eigenvalue weighted by Gasteiger charge is -2.38. The van der Waals surface area contributed by atoms with Crippen molar-refractivity contribution < 1.29 is 64.4 Å². The molecular weight excluding hydrogens is 797 g/mol. The lowest BCUT2D eigenvalue weighted by atomic mass is 10.0. The van der Waals surface area contributed by atoms with E-state index in [1.807, 2.05) is 9.80 Å². The van der Waals surface area contributed by atoms with Gasteiger partial charge in [0.25, 0.3) is 0 Å². The molecule has 0 spiro atoms. The molecule has 330 valence electrons. The number of thioether (sulfide) groups is 1. The highest BCUT2D eigenvalue weighted by atomic mass is 32.2. The van der Waals surface area contributed by atoms with E-state index in [1.54, 1.807) is 45.8 Å². The summed E-state index contributed by atoms with van der Waals surface area (Å²) in [6, 6.07) is 6.32. The van der Waals surface area contributed by atoms with Crippen LogP contribution in [0.3, 0.4) is 0 Å². The summed E-state index contributed by atoms with van der Waals surface area (Å²) in [5.74, 6) is -3.57. The minimum Gasteiger partial charge on any atom is -0.480 e. The molecule has 4 atom stereocenters. The average molecular weight is 855 g/mol. The summed E-state index contributed by atoms with van der Waals surface area (Å²) >= 11 is 1.77. The molecular formula is C37H58N8O13S. The van der Waals surface area contributed by atoms with Gasteiger partial charge in [-0.05, 0) is 37.0 Å². The molecule has 4 unspecified atom stereocenters. The Morgan fingerprint density at radius 3 is 2.03 bits per heavy atom. The number of carbonyl (C=O) groups excluding carboxylic acids is 3. The van der Waals surface area contributed by atoms with Gasteiger partial charge in [-0.1, -0.05) is 18.6 Å². The molecule has 3 fully saturated rings. The van der Waals surface area contributed by atoms with Gasteiger partial charge in [-0.2, -0.15) is 11.8 Å². The van der Waals surface area contributed by atoms with Crippen LogP contribution in [-0.4, -0.2) is 214 Å². The van der Waals surface area contributed by atoms with Gasteiger partial charge in [0.1, 0.15) is 13.1 Å². The number of carboxylic acids is 3. The number of aliphatic carboxylic acids is 3. The molecule has 59 heavy (non-hydrogen) atoms. The second kappa shape index (κ2) is 24.8. The summed E-state index contributed by atoms with van der Waals surface area (Å²) in [4.78, 5) is 90.6. The Morgan fingerprint density at radius 2 is 1.42 bits per heavy atom. The van der Waals surface area contributed by atoms with E-state index in [0.29, 0.717) is 77.3 Å². The van der Waals surface area contributed by atoms with Crippen molar-refractivity contribution in [3.8, 4) is 0 Å². The zero-order chi connectivity index (χ0) is 42.7. The molecule has 0 bridgehead atoms. The van der Waals surface area contributed by atoms with Crippen molar-refractivity contribution in [2.24, 2.45) is 0 Å². The number of anilines is 1. The first-order valence-corrected chi connectivity index (χ1v) is 20.8. The number of amides is 4. The van der Waals surface area contributed by atoms with E-state index in [2.05, 4.69) is 25.7 Å². The van der Waals surface area contributed by atoms with E-state index in [-0.39, 0.29) is 62.6 Å². The summed E-state index contributed by atoms with van der Waals surface area (Å²) in [5.41, 5.74) is 1.17. The highest BCUT2D eigenvalue weighted by Gasteiger charge is 2.42. The highest BCUT2D eigenvalue weighted by Crippen LogP contribution is 2.33. The summed E-state index contributed by atoms with van der Waals surface area (Å²) in [5, 5.41) is 55.9. The van der Waals surface area contributed by atoms with Gasteiger partial charge >= 0.3 is 23.9 Å². The topological polar surface area (TPSA) is 274 Å². The van der Waals surface area contributed by atoms with Crippen molar-refractivity contribution in [2.45, 2.75) is 55.5 Å². The van der Waals surface area contributed by atoms with E-state index in [1.165, 1.54) is 0 Å². The van der Waals surface area contributed by atoms with Crippen LogP contribution in [0.15, 0.2) is 24.3 Å². The minimum absolute atomic E-state index is 0.0355. The minimum atomic E-state index is -1.25. The maximum atomic E-state index is 13.1. The van der Waals surface area contributed by atoms with Gasteiger partial charge in [0, 0.05) is 88.1 Å². The molecule has 0 saturated carbocycles. The van der Waals surface area contributed by atoms with Gasteiger partial charge in [-0.15, -0.1) is 0 Å². The summed E-state index contributed by atoms with van der Waals surface area (Å²) < 4.78 is 0. The Labute approximate surface area is 346 Å². The quantitative estimate of drug-likeness (QED) is 0.0317. The maximum Gasteiger partial charge on any atom is 0.323 e. The van der Waals surface area contributed by atoms with Gasteiger partial charge in [0.15, 0.2) is 0 Å². The molecule has 3 aliphatic rings. The van der Waals surface area contributed by atoms with E-state index < -0.39 is 48.9 Å². The third-order valence-electron chi connectivity index (χ3n) is 10.6. The Hall–Kier alpha value is -4.13. The van der Waals surface area contributed by atoms with Gasteiger partial charge in [-0.25, -0.2) is 14.6 Å². The zero-order valence-corrected chi connectivity index (χ0v) is 33.9. The van der Waals surface area contributed by atoms with E-state index in [0.717, 1.165) is 22.6 Å². The average Bonchev–Trinajstić information content (AvgIpc) is 3.74. The second-order valence-electron chi connectivity index (χ2n) is 15.0. The predicted molar refractivity (Wildman–Crippen MR) is 214 cm³/mol. The standard InChI is InChI=1S/C37H58N8O13S/c46-31(21-45(24-35(52)53)32(47)4-2-1-3-30-36-29(25-59-30)39-37(54)40-36)38-27-7-5-26(6-8-27)19-28-20-43(22-33(48)49)12-11-41(15-17-57-55)9-10-42(16-18-58-56)13-14-44(28)23-34(50)51/h5-8,28-30,36,55-56H,1-4,9-25H2,(H,38,46)(H,48,49)(H,50,51)(H,52,53)(H2,39,40,54). The van der Waals surface area contributed by atoms with Crippen LogP contribution in [0.25, 0.3) is 0 Å². The van der Waals surface area contributed by atoms with Crippen molar-refractivity contribution in [3.05, 3.63) is 29.8 Å². The lowest BCUT2D eigenvalue weighted by Crippen LogP contribution is -2.53. The van der Waals surface area contributed by atoms with E-state index >= 15 is 0 Å². The molecule has 4 amide bonds. The predicted octanol–water partition coefficient (Wildman–Crippen LogP) is -0.455. The van der Waals surface area contributed by atoms with Gasteiger partial charge in [-0.3, -0.25) is 54.1 Å². The van der Waals surface area contributed by atoms with E-state index in [9.17, 15) is 44.1 Å². The van der Waals surface area contributed by atoms with Gasteiger partial charge in [0.2, 0.25) is 11.8 Å². The van der Waals surface area contributed by atoms with Crippen LogP contribution < -0.4 is 16.0 Å². The number of carboxylic acid groups (broad SMARTS) is 3. The van der Waals surface area contributed by atoms with Crippen LogP contribution >= 0.6 is 11.8 Å². The first-order chi connectivity index (χ1) is 28.3. The zero-order valence-electron chi connectivity index (χ0n) is 33.1. The SMILES string of the molecule is O=C(O)CN1CCN(CCOO)CCN(CCOO)CCN(CC(=O)O)C(Cc2ccc(NC(=O)CN(CC(=O)O)C(=O)CCCCC3SCC4NC(=O)NC43)cc2)C1. The molecule has 21 nitrogen and oxygen atoms in total. The molecule has 3 aliphatic heterocycles. The van der Waals surface area contributed by atoms with Crippen molar-refractivity contribution in [3.63, 3.8) is 0 Å². The van der Waals surface area contributed by atoms with Crippen LogP contribution in [-0.2, 0) is 40.2 Å². The van der Waals surface area contributed by atoms with Crippen LogP contribution in [0.2, 0.25) is 0 Å². The third-order valence-corrected chi connectivity index (χ3v) is 12.1. The first kappa shape index (κ1) is 47.5. The normalized spacial score (nSPS) is 22.4. The molecule has 1 aromatic rings. The number of unbranched alkanes of at least 4 members (excludes halogenated alkanes) is 1. The Morgan fingerprint density at radius 1 is 0.797 bits per heavy atom. The number of nitrogens with one attached hydrogen (secondary N) is 3. The molecule has 0 aromatic heterocycles. The number of hydrogen-bond acceptors (Lipinski definition) is 15. The smallest absolute Gasteiger partial charge is 0.323 e. The number of carbonyl (C=O) groups is 6. The van der Waals surface area contributed by atoms with Crippen molar-refractivity contribution in [2.75, 3.05) is 109 Å². The molecule has 0 aliphatic carbocycles. The summed E-state index contributed by atoms with van der Waals surface area (Å²) in [7, 11) is 0. The molecule has 4 rings (SSSR count). The van der Waals surface area contributed by atoms with E-state index in [4.69, 9.17) is 10.5 Å². The maximum absolute atomic E-state index is 13.1. The fraction of sp³-hybridized carbons (Fsp3) is 0.676. The molecule has 22 heteroatoms. The second-order valence-corrected chi connectivity index (χ2v) is 16.2. The molecule has 3 saturated heterocycles.